The fraction of sp³-hybridized carbons (Fsp3) is 0.167. The molecule has 0 aliphatic carbocycles. The van der Waals surface area contributed by atoms with Gasteiger partial charge in [0.2, 0.25) is 5.91 Å². The van der Waals surface area contributed by atoms with Crippen LogP contribution in [0.15, 0.2) is 108 Å². The number of methoxy groups -OCH3 is 2. The zero-order valence-corrected chi connectivity index (χ0v) is 26.8. The zero-order chi connectivity index (χ0) is 33.1. The molecule has 3 amide bonds. The summed E-state index contributed by atoms with van der Waals surface area (Å²) in [6, 6.07) is 27.6. The van der Waals surface area contributed by atoms with Gasteiger partial charge in [-0.3, -0.25) is 19.2 Å². The van der Waals surface area contributed by atoms with Gasteiger partial charge in [0, 0.05) is 39.0 Å². The van der Waals surface area contributed by atoms with Crippen molar-refractivity contribution in [3.8, 4) is 11.5 Å². The molecule has 0 bridgehead atoms. The number of benzene rings is 4. The van der Waals surface area contributed by atoms with Gasteiger partial charge in [-0.25, -0.2) is 0 Å². The second-order valence-electron chi connectivity index (χ2n) is 10.1. The summed E-state index contributed by atoms with van der Waals surface area (Å²) in [4.78, 5) is 52.1. The van der Waals surface area contributed by atoms with Gasteiger partial charge in [0.25, 0.3) is 11.8 Å². The van der Waals surface area contributed by atoms with Crippen LogP contribution < -0.4 is 25.4 Å². The fourth-order valence-electron chi connectivity index (χ4n) is 4.38. The molecule has 0 radical (unpaired) electrons. The quantitative estimate of drug-likeness (QED) is 0.0835. The van der Waals surface area contributed by atoms with Crippen LogP contribution in [0.1, 0.15) is 46.5 Å². The predicted octanol–water partition coefficient (Wildman–Crippen LogP) is 6.83. The Morgan fingerprint density at radius 3 is 2.17 bits per heavy atom. The SMILES string of the molecule is CCC(Sc1cccc(NC(=O)/C(=C\c2ccc(OC)cc2OC)NC(=O)c2ccccc2)c1)C(=O)Nc1ccc(C(C)=O)cc1. The van der Waals surface area contributed by atoms with E-state index in [1.807, 2.05) is 13.0 Å². The first kappa shape index (κ1) is 33.5. The van der Waals surface area contributed by atoms with Gasteiger partial charge in [-0.05, 0) is 86.2 Å². The Morgan fingerprint density at radius 1 is 0.783 bits per heavy atom. The minimum Gasteiger partial charge on any atom is -0.497 e. The maximum absolute atomic E-state index is 13.6. The Bertz CT molecular complexity index is 1740. The van der Waals surface area contributed by atoms with Gasteiger partial charge in [0.1, 0.15) is 17.2 Å². The molecule has 9 nitrogen and oxygen atoms in total. The van der Waals surface area contributed by atoms with Gasteiger partial charge < -0.3 is 25.4 Å². The number of Topliss-reactive ketones (excluding diaryl/α,β-unsaturated/α-hetero) is 1. The van der Waals surface area contributed by atoms with Crippen LogP contribution in [0.3, 0.4) is 0 Å². The predicted molar refractivity (Wildman–Crippen MR) is 182 cm³/mol. The van der Waals surface area contributed by atoms with Crippen molar-refractivity contribution in [1.82, 2.24) is 5.32 Å². The lowest BCUT2D eigenvalue weighted by Crippen LogP contribution is -2.30. The topological polar surface area (TPSA) is 123 Å². The number of ketones is 1. The molecule has 0 saturated carbocycles. The minimum absolute atomic E-state index is 0.00280. The van der Waals surface area contributed by atoms with E-state index in [1.165, 1.54) is 31.9 Å². The highest BCUT2D eigenvalue weighted by Crippen LogP contribution is 2.30. The molecular formula is C36H35N3O6S. The van der Waals surface area contributed by atoms with E-state index in [2.05, 4.69) is 16.0 Å². The average Bonchev–Trinajstić information content (AvgIpc) is 3.07. The van der Waals surface area contributed by atoms with Crippen LogP contribution in [-0.2, 0) is 9.59 Å². The van der Waals surface area contributed by atoms with E-state index in [0.717, 1.165) is 4.90 Å². The Balaban J connectivity index is 1.53. The van der Waals surface area contributed by atoms with Gasteiger partial charge >= 0.3 is 0 Å². The van der Waals surface area contributed by atoms with Crippen LogP contribution in [0.5, 0.6) is 11.5 Å². The van der Waals surface area contributed by atoms with Crippen LogP contribution in [0, 0.1) is 0 Å². The van der Waals surface area contributed by atoms with Crippen molar-refractivity contribution in [2.75, 3.05) is 24.9 Å². The second kappa shape index (κ2) is 16.1. The summed E-state index contributed by atoms with van der Waals surface area (Å²) in [6.07, 6.45) is 2.09. The molecule has 0 aliphatic rings. The van der Waals surface area contributed by atoms with Gasteiger partial charge in [0.15, 0.2) is 5.78 Å². The lowest BCUT2D eigenvalue weighted by molar-refractivity contribution is -0.116. The third kappa shape index (κ3) is 9.09. The Hall–Kier alpha value is -5.35. The van der Waals surface area contributed by atoms with E-state index >= 15 is 0 Å². The standard InChI is InChI=1S/C36H35N3O6S/c1-5-33(36(43)37-27-17-14-24(15-18-27)23(2)40)46-30-13-9-12-28(21-30)38-35(42)31(39-34(41)25-10-7-6-8-11-25)20-26-16-19-29(44-3)22-32(26)45-4/h6-22,33H,5H2,1-4H3,(H,37,43)(H,38,42)(H,39,41)/b31-20+. The molecule has 4 aromatic carbocycles. The summed E-state index contributed by atoms with van der Waals surface area (Å²) in [5, 5.41) is 8.09. The molecule has 10 heteroatoms. The third-order valence-corrected chi connectivity index (χ3v) is 8.22. The number of thioether (sulfide) groups is 1. The highest BCUT2D eigenvalue weighted by Gasteiger charge is 2.20. The summed E-state index contributed by atoms with van der Waals surface area (Å²) >= 11 is 1.36. The Morgan fingerprint density at radius 2 is 1.52 bits per heavy atom. The van der Waals surface area contributed by atoms with Crippen LogP contribution in [0.4, 0.5) is 11.4 Å². The first-order chi connectivity index (χ1) is 22.2. The van der Waals surface area contributed by atoms with Crippen LogP contribution in [0.2, 0.25) is 0 Å². The fourth-order valence-corrected chi connectivity index (χ4v) is 5.39. The van der Waals surface area contributed by atoms with Gasteiger partial charge in [-0.1, -0.05) is 31.2 Å². The smallest absolute Gasteiger partial charge is 0.272 e. The second-order valence-corrected chi connectivity index (χ2v) is 11.4. The number of carbonyl (C=O) groups is 4. The van der Waals surface area contributed by atoms with E-state index in [0.29, 0.717) is 46.0 Å². The highest BCUT2D eigenvalue weighted by molar-refractivity contribution is 8.00. The Kier molecular flexibility index (Phi) is 11.7. The molecule has 4 aromatic rings. The zero-order valence-electron chi connectivity index (χ0n) is 26.0. The van der Waals surface area contributed by atoms with Crippen LogP contribution in [-0.4, -0.2) is 43.0 Å². The molecule has 0 fully saturated rings. The van der Waals surface area contributed by atoms with Crippen molar-refractivity contribution < 1.29 is 28.7 Å². The van der Waals surface area contributed by atoms with E-state index in [-0.39, 0.29) is 17.4 Å². The molecule has 3 N–H and O–H groups in total. The van der Waals surface area contributed by atoms with Crippen molar-refractivity contribution in [3.63, 3.8) is 0 Å². The molecule has 0 aromatic heterocycles. The number of nitrogens with one attached hydrogen (secondary N) is 3. The van der Waals surface area contributed by atoms with Crippen molar-refractivity contribution >= 4 is 52.7 Å². The molecule has 0 heterocycles. The van der Waals surface area contributed by atoms with Crippen molar-refractivity contribution in [2.24, 2.45) is 0 Å². The average molecular weight is 638 g/mol. The number of amides is 3. The lowest BCUT2D eigenvalue weighted by atomic mass is 10.1. The van der Waals surface area contributed by atoms with E-state index < -0.39 is 17.1 Å². The number of hydrogen-bond acceptors (Lipinski definition) is 7. The van der Waals surface area contributed by atoms with E-state index in [1.54, 1.807) is 98.1 Å². The molecule has 4 rings (SSSR count). The maximum atomic E-state index is 13.6. The normalized spacial score (nSPS) is 11.6. The first-order valence-corrected chi connectivity index (χ1v) is 15.4. The summed E-state index contributed by atoms with van der Waals surface area (Å²) in [6.45, 7) is 3.41. The van der Waals surface area contributed by atoms with Crippen LogP contribution >= 0.6 is 11.8 Å². The van der Waals surface area contributed by atoms with Crippen molar-refractivity contribution in [2.45, 2.75) is 30.4 Å². The maximum Gasteiger partial charge on any atom is 0.272 e. The number of ether oxygens (including phenoxy) is 2. The summed E-state index contributed by atoms with van der Waals surface area (Å²) in [5.41, 5.74) is 2.59. The molecule has 1 unspecified atom stereocenters. The van der Waals surface area contributed by atoms with Gasteiger partial charge in [0.05, 0.1) is 19.5 Å². The number of rotatable bonds is 13. The van der Waals surface area contributed by atoms with Gasteiger partial charge in [-0.2, -0.15) is 0 Å². The molecule has 46 heavy (non-hydrogen) atoms. The highest BCUT2D eigenvalue weighted by atomic mass is 32.2. The minimum atomic E-state index is -0.553. The third-order valence-electron chi connectivity index (χ3n) is 6.86. The van der Waals surface area contributed by atoms with Crippen molar-refractivity contribution in [3.05, 3.63) is 119 Å². The molecule has 0 saturated heterocycles. The van der Waals surface area contributed by atoms with Crippen LogP contribution in [0.25, 0.3) is 6.08 Å². The first-order valence-electron chi connectivity index (χ1n) is 14.5. The molecule has 0 aliphatic heterocycles. The molecular weight excluding hydrogens is 602 g/mol. The molecule has 1 atom stereocenters. The van der Waals surface area contributed by atoms with E-state index in [9.17, 15) is 19.2 Å². The monoisotopic (exact) mass is 637 g/mol. The number of carbonyl (C=O) groups excluding carboxylic acids is 4. The Labute approximate surface area is 272 Å². The molecule has 0 spiro atoms. The van der Waals surface area contributed by atoms with Crippen molar-refractivity contribution in [1.29, 1.82) is 0 Å². The largest absolute Gasteiger partial charge is 0.497 e. The number of anilines is 2. The lowest BCUT2D eigenvalue weighted by Gasteiger charge is -2.16. The number of hydrogen-bond donors (Lipinski definition) is 3. The van der Waals surface area contributed by atoms with E-state index in [4.69, 9.17) is 9.47 Å². The summed E-state index contributed by atoms with van der Waals surface area (Å²) in [7, 11) is 3.05. The summed E-state index contributed by atoms with van der Waals surface area (Å²) < 4.78 is 10.8. The summed E-state index contributed by atoms with van der Waals surface area (Å²) in [5.74, 6) is -0.203. The van der Waals surface area contributed by atoms with Gasteiger partial charge in [-0.15, -0.1) is 11.8 Å². The molecule has 236 valence electrons.